The van der Waals surface area contributed by atoms with Crippen molar-refractivity contribution in [2.75, 3.05) is 0 Å². The number of fused-ring (bicyclic) bond motifs is 1. The summed E-state index contributed by atoms with van der Waals surface area (Å²) in [6.45, 7) is 7.14. The fourth-order valence-electron chi connectivity index (χ4n) is 3.80. The van der Waals surface area contributed by atoms with Gasteiger partial charge in [-0.1, -0.05) is 65.1 Å². The van der Waals surface area contributed by atoms with Gasteiger partial charge in [0.15, 0.2) is 5.69 Å². The van der Waals surface area contributed by atoms with E-state index in [9.17, 15) is 19.1 Å². The summed E-state index contributed by atoms with van der Waals surface area (Å²) in [6.07, 6.45) is 0.877. The van der Waals surface area contributed by atoms with E-state index in [-0.39, 0.29) is 22.0 Å². The molecule has 0 aliphatic carbocycles. The van der Waals surface area contributed by atoms with Crippen molar-refractivity contribution >= 4 is 63.3 Å². The molecule has 1 aromatic heterocycles. The van der Waals surface area contributed by atoms with Gasteiger partial charge in [0.25, 0.3) is 5.91 Å². The Morgan fingerprint density at radius 3 is 2.36 bits per heavy atom. The number of carboxylic acid groups (broad SMARTS) is 1. The van der Waals surface area contributed by atoms with Crippen LogP contribution in [-0.4, -0.2) is 28.0 Å². The number of rotatable bonds is 6. The smallest absolute Gasteiger partial charge is 0.326 e. The summed E-state index contributed by atoms with van der Waals surface area (Å²) in [5.74, 6) is -2.67. The van der Waals surface area contributed by atoms with E-state index in [0.29, 0.717) is 38.3 Å². The van der Waals surface area contributed by atoms with E-state index < -0.39 is 23.7 Å². The van der Waals surface area contributed by atoms with Crippen molar-refractivity contribution in [2.24, 2.45) is 0 Å². The zero-order valence-electron chi connectivity index (χ0n) is 18.2. The number of nitrogens with zero attached hydrogens (tertiary/aromatic N) is 2. The Labute approximate surface area is 220 Å². The number of hydrogen-bond donors (Lipinski definition) is 2. The Hall–Kier alpha value is -3.70. The molecule has 0 saturated heterocycles. The first-order valence-electron chi connectivity index (χ1n) is 10.4. The standard InChI is InChI=1S/C26H15Cl3FN3O3/c1-31-15-6-8-16(21(29)11-15)17-7-5-13(18-10-14(30)12-32-24(17)18)9-22(26(35)36)33-25(34)23-19(27)3-2-4-20(23)28/h2-8,10-12,22H,9H2,(H,33,34)(H,35,36)/t22-/m0/s1. The zero-order chi connectivity index (χ0) is 26.0. The highest BCUT2D eigenvalue weighted by Crippen LogP contribution is 2.36. The lowest BCUT2D eigenvalue weighted by Gasteiger charge is -2.18. The third kappa shape index (κ3) is 5.12. The summed E-state index contributed by atoms with van der Waals surface area (Å²) in [4.78, 5) is 32.4. The molecular formula is C26H15Cl3FN3O3. The highest BCUT2D eigenvalue weighted by atomic mass is 35.5. The number of benzene rings is 3. The van der Waals surface area contributed by atoms with Crippen molar-refractivity contribution in [1.29, 1.82) is 0 Å². The normalized spacial score (nSPS) is 11.6. The molecule has 0 spiro atoms. The molecule has 1 heterocycles. The minimum Gasteiger partial charge on any atom is -0.480 e. The van der Waals surface area contributed by atoms with Crippen molar-refractivity contribution in [3.8, 4) is 11.1 Å². The Bertz CT molecular complexity index is 1550. The van der Waals surface area contributed by atoms with Gasteiger partial charge in [-0.15, -0.1) is 0 Å². The third-order valence-corrected chi connectivity index (χ3v) is 6.44. The predicted molar refractivity (Wildman–Crippen MR) is 137 cm³/mol. The Morgan fingerprint density at radius 2 is 1.72 bits per heavy atom. The lowest BCUT2D eigenvalue weighted by molar-refractivity contribution is -0.139. The van der Waals surface area contributed by atoms with E-state index in [1.54, 1.807) is 30.3 Å². The van der Waals surface area contributed by atoms with Crippen LogP contribution in [0.3, 0.4) is 0 Å². The first-order valence-corrected chi connectivity index (χ1v) is 11.5. The molecule has 36 heavy (non-hydrogen) atoms. The number of carbonyl (C=O) groups excluding carboxylic acids is 1. The summed E-state index contributed by atoms with van der Waals surface area (Å²) in [7, 11) is 0. The van der Waals surface area contributed by atoms with Crippen molar-refractivity contribution in [2.45, 2.75) is 12.5 Å². The topological polar surface area (TPSA) is 83.7 Å². The van der Waals surface area contributed by atoms with Crippen LogP contribution in [-0.2, 0) is 11.2 Å². The SMILES string of the molecule is [C-]#[N+]c1ccc(-c2ccc(C[C@H](NC(=O)c3c(Cl)cccc3Cl)C(=O)O)c3cc(F)cnc23)c(Cl)c1. The van der Waals surface area contributed by atoms with Gasteiger partial charge in [0.05, 0.1) is 33.9 Å². The number of amides is 1. The highest BCUT2D eigenvalue weighted by Gasteiger charge is 2.25. The van der Waals surface area contributed by atoms with Gasteiger partial charge in [0.2, 0.25) is 0 Å². The number of aromatic nitrogens is 1. The van der Waals surface area contributed by atoms with Crippen LogP contribution in [0, 0.1) is 12.4 Å². The fourth-order valence-corrected chi connectivity index (χ4v) is 4.65. The molecule has 1 amide bonds. The van der Waals surface area contributed by atoms with Gasteiger partial charge in [-0.2, -0.15) is 0 Å². The molecule has 180 valence electrons. The van der Waals surface area contributed by atoms with E-state index in [4.69, 9.17) is 41.4 Å². The molecule has 6 nitrogen and oxygen atoms in total. The molecule has 0 unspecified atom stereocenters. The van der Waals surface area contributed by atoms with Crippen molar-refractivity contribution < 1.29 is 19.1 Å². The van der Waals surface area contributed by atoms with Crippen molar-refractivity contribution in [3.05, 3.63) is 104 Å². The van der Waals surface area contributed by atoms with Gasteiger partial charge >= 0.3 is 5.97 Å². The van der Waals surface area contributed by atoms with Crippen LogP contribution >= 0.6 is 34.8 Å². The summed E-state index contributed by atoms with van der Waals surface area (Å²) >= 11 is 18.6. The molecule has 0 fully saturated rings. The molecule has 0 aliphatic heterocycles. The molecular weight excluding hydrogens is 528 g/mol. The molecule has 3 aromatic carbocycles. The lowest BCUT2D eigenvalue weighted by atomic mass is 9.95. The fraction of sp³-hybridized carbons (Fsp3) is 0.0769. The monoisotopic (exact) mass is 541 g/mol. The zero-order valence-corrected chi connectivity index (χ0v) is 20.5. The van der Waals surface area contributed by atoms with Crippen LogP contribution < -0.4 is 5.32 Å². The maximum Gasteiger partial charge on any atom is 0.326 e. The molecule has 10 heteroatoms. The largest absolute Gasteiger partial charge is 0.480 e. The highest BCUT2D eigenvalue weighted by molar-refractivity contribution is 6.39. The van der Waals surface area contributed by atoms with Gasteiger partial charge in [0, 0.05) is 22.4 Å². The first-order chi connectivity index (χ1) is 17.2. The Morgan fingerprint density at radius 1 is 1.03 bits per heavy atom. The maximum absolute atomic E-state index is 14.2. The van der Waals surface area contributed by atoms with Gasteiger partial charge in [-0.3, -0.25) is 9.78 Å². The Balaban J connectivity index is 1.74. The Kier molecular flexibility index (Phi) is 7.41. The van der Waals surface area contributed by atoms with Crippen LogP contribution in [0.15, 0.2) is 60.8 Å². The quantitative estimate of drug-likeness (QED) is 0.258. The lowest BCUT2D eigenvalue weighted by Crippen LogP contribution is -2.42. The van der Waals surface area contributed by atoms with Crippen LogP contribution in [0.1, 0.15) is 15.9 Å². The summed E-state index contributed by atoms with van der Waals surface area (Å²) in [5, 5.41) is 13.1. The summed E-state index contributed by atoms with van der Waals surface area (Å²) < 4.78 is 14.2. The first kappa shape index (κ1) is 25.4. The number of carbonyl (C=O) groups is 2. The van der Waals surface area contributed by atoms with Crippen LogP contribution in [0.2, 0.25) is 15.1 Å². The van der Waals surface area contributed by atoms with E-state index in [1.165, 1.54) is 24.3 Å². The average molecular weight is 543 g/mol. The van der Waals surface area contributed by atoms with Crippen LogP contribution in [0.25, 0.3) is 26.9 Å². The molecule has 4 aromatic rings. The molecule has 0 saturated carbocycles. The minimum atomic E-state index is -1.37. The number of hydrogen-bond acceptors (Lipinski definition) is 3. The molecule has 0 radical (unpaired) electrons. The van der Waals surface area contributed by atoms with Gasteiger partial charge in [0.1, 0.15) is 11.9 Å². The van der Waals surface area contributed by atoms with Gasteiger partial charge in [-0.05, 0) is 35.4 Å². The van der Waals surface area contributed by atoms with E-state index in [0.717, 1.165) is 6.20 Å². The number of halogens is 4. The van der Waals surface area contributed by atoms with Gasteiger partial charge in [-0.25, -0.2) is 14.0 Å². The number of carboxylic acids is 1. The van der Waals surface area contributed by atoms with Crippen LogP contribution in [0.5, 0.6) is 0 Å². The van der Waals surface area contributed by atoms with E-state index in [2.05, 4.69) is 15.1 Å². The number of aliphatic carboxylic acids is 1. The third-order valence-electron chi connectivity index (χ3n) is 5.50. The van der Waals surface area contributed by atoms with E-state index >= 15 is 0 Å². The average Bonchev–Trinajstić information content (AvgIpc) is 2.83. The summed E-state index contributed by atoms with van der Waals surface area (Å²) in [6, 6.07) is 12.5. The second-order valence-electron chi connectivity index (χ2n) is 7.76. The second-order valence-corrected chi connectivity index (χ2v) is 8.98. The van der Waals surface area contributed by atoms with E-state index in [1.807, 2.05) is 0 Å². The molecule has 0 bridgehead atoms. The summed E-state index contributed by atoms with van der Waals surface area (Å²) in [5.41, 5.74) is 2.30. The molecule has 1 atom stereocenters. The van der Waals surface area contributed by atoms with Crippen LogP contribution in [0.4, 0.5) is 10.1 Å². The van der Waals surface area contributed by atoms with Crippen molar-refractivity contribution in [3.63, 3.8) is 0 Å². The number of pyridine rings is 1. The molecule has 2 N–H and O–H groups in total. The second kappa shape index (κ2) is 10.5. The number of nitrogens with one attached hydrogen (secondary N) is 1. The maximum atomic E-state index is 14.2. The molecule has 0 aliphatic rings. The predicted octanol–water partition coefficient (Wildman–Crippen LogP) is 6.98. The van der Waals surface area contributed by atoms with Gasteiger partial charge < -0.3 is 10.4 Å². The van der Waals surface area contributed by atoms with Crippen molar-refractivity contribution in [1.82, 2.24) is 10.3 Å². The minimum absolute atomic E-state index is 0.0440. The molecule has 4 rings (SSSR count).